The molecule has 0 aliphatic heterocycles. The van der Waals surface area contributed by atoms with Gasteiger partial charge < -0.3 is 5.32 Å². The molecule has 29 heavy (non-hydrogen) atoms. The molecule has 1 aromatic carbocycles. The van der Waals surface area contributed by atoms with Crippen LogP contribution in [0.5, 0.6) is 0 Å². The molecular weight excluding hydrogens is 384 g/mol. The van der Waals surface area contributed by atoms with E-state index in [4.69, 9.17) is 0 Å². The Kier molecular flexibility index (Phi) is 5.76. The van der Waals surface area contributed by atoms with Gasteiger partial charge in [0.15, 0.2) is 6.04 Å². The van der Waals surface area contributed by atoms with Crippen molar-refractivity contribution in [2.75, 3.05) is 4.90 Å². The molecule has 6 nitrogen and oxygen atoms in total. The maximum Gasteiger partial charge on any atom is 0.277 e. The number of aromatic amines is 1. The second-order valence-corrected chi connectivity index (χ2v) is 8.37. The summed E-state index contributed by atoms with van der Waals surface area (Å²) in [6.45, 7) is 1.99. The smallest absolute Gasteiger partial charge is 0.277 e. The van der Waals surface area contributed by atoms with Gasteiger partial charge in [-0.1, -0.05) is 36.6 Å². The summed E-state index contributed by atoms with van der Waals surface area (Å²) in [5.41, 5.74) is 2.11. The van der Waals surface area contributed by atoms with Gasteiger partial charge in [0.05, 0.1) is 0 Å². The largest absolute Gasteiger partial charge is 0.351 e. The van der Waals surface area contributed by atoms with Crippen LogP contribution in [0.25, 0.3) is 0 Å². The number of aryl methyl sites for hydroxylation is 1. The zero-order valence-electron chi connectivity index (χ0n) is 16.3. The summed E-state index contributed by atoms with van der Waals surface area (Å²) in [7, 11) is 0. The molecular formula is C22H24N4O2S. The van der Waals surface area contributed by atoms with E-state index in [0.717, 1.165) is 36.1 Å². The second kappa shape index (κ2) is 8.61. The van der Waals surface area contributed by atoms with Crippen molar-refractivity contribution in [3.05, 3.63) is 70.2 Å². The Morgan fingerprint density at radius 3 is 2.55 bits per heavy atom. The van der Waals surface area contributed by atoms with Crippen LogP contribution in [-0.2, 0) is 4.79 Å². The van der Waals surface area contributed by atoms with Crippen molar-refractivity contribution in [1.29, 1.82) is 0 Å². The van der Waals surface area contributed by atoms with Crippen molar-refractivity contribution in [2.45, 2.75) is 44.7 Å². The minimum atomic E-state index is -0.742. The summed E-state index contributed by atoms with van der Waals surface area (Å²) in [6.07, 6.45) is 5.77. The van der Waals surface area contributed by atoms with E-state index in [1.165, 1.54) is 11.3 Å². The third kappa shape index (κ3) is 4.24. The lowest BCUT2D eigenvalue weighted by atomic mass is 10.1. The van der Waals surface area contributed by atoms with Gasteiger partial charge >= 0.3 is 0 Å². The molecule has 1 fully saturated rings. The topological polar surface area (TPSA) is 78.1 Å². The number of anilines is 1. The lowest BCUT2D eigenvalue weighted by Gasteiger charge is -2.31. The molecule has 0 saturated heterocycles. The Hall–Kier alpha value is -2.93. The molecule has 4 rings (SSSR count). The summed E-state index contributed by atoms with van der Waals surface area (Å²) >= 11 is 1.48. The molecule has 0 unspecified atom stereocenters. The fourth-order valence-corrected chi connectivity index (χ4v) is 4.58. The average Bonchev–Trinajstić information content (AvgIpc) is 3.49. The molecule has 0 radical (unpaired) electrons. The maximum atomic E-state index is 13.4. The van der Waals surface area contributed by atoms with Crippen LogP contribution >= 0.6 is 11.3 Å². The molecule has 7 heteroatoms. The Bertz CT molecular complexity index is 945. The van der Waals surface area contributed by atoms with Crippen LogP contribution < -0.4 is 10.2 Å². The second-order valence-electron chi connectivity index (χ2n) is 7.39. The van der Waals surface area contributed by atoms with Crippen molar-refractivity contribution in [3.63, 3.8) is 0 Å². The first kappa shape index (κ1) is 19.4. The Balaban J connectivity index is 1.75. The summed E-state index contributed by atoms with van der Waals surface area (Å²) in [6, 6.07) is 12.5. The van der Waals surface area contributed by atoms with Crippen molar-refractivity contribution >= 4 is 28.8 Å². The number of rotatable bonds is 6. The fraction of sp³-hybridized carbons (Fsp3) is 0.318. The molecule has 2 heterocycles. The lowest BCUT2D eigenvalue weighted by Crippen LogP contribution is -2.46. The number of H-pyrrole nitrogens is 1. The van der Waals surface area contributed by atoms with E-state index < -0.39 is 6.04 Å². The van der Waals surface area contributed by atoms with Gasteiger partial charge in [-0.2, -0.15) is 5.10 Å². The van der Waals surface area contributed by atoms with Crippen LogP contribution in [0.4, 0.5) is 5.69 Å². The molecule has 1 atom stereocenters. The van der Waals surface area contributed by atoms with E-state index in [-0.39, 0.29) is 17.9 Å². The van der Waals surface area contributed by atoms with Gasteiger partial charge in [0.25, 0.3) is 5.91 Å². The number of nitrogens with one attached hydrogen (secondary N) is 2. The van der Waals surface area contributed by atoms with Crippen molar-refractivity contribution in [2.24, 2.45) is 0 Å². The van der Waals surface area contributed by atoms with Crippen LogP contribution in [0.1, 0.15) is 52.7 Å². The van der Waals surface area contributed by atoms with E-state index in [1.807, 2.05) is 48.7 Å². The quantitative estimate of drug-likeness (QED) is 0.641. The standard InChI is InChI=1S/C22H24N4O2S/c1-15-8-10-17(11-9-15)26(22(28)18-12-13-23-25-18)20(19-7-4-14-29-19)21(27)24-16-5-2-3-6-16/h4,7-14,16,20H,2-3,5-6H2,1H3,(H,23,25)(H,24,27)/t20-/m0/s1. The monoisotopic (exact) mass is 408 g/mol. The van der Waals surface area contributed by atoms with E-state index in [2.05, 4.69) is 15.5 Å². The predicted octanol–water partition coefficient (Wildman–Crippen LogP) is 4.23. The number of amides is 2. The van der Waals surface area contributed by atoms with Gasteiger partial charge in [-0.15, -0.1) is 11.3 Å². The molecule has 0 spiro atoms. The lowest BCUT2D eigenvalue weighted by molar-refractivity contribution is -0.123. The fourth-order valence-electron chi connectivity index (χ4n) is 3.76. The number of hydrogen-bond donors (Lipinski definition) is 2. The zero-order valence-corrected chi connectivity index (χ0v) is 17.1. The van der Waals surface area contributed by atoms with E-state index in [1.54, 1.807) is 17.2 Å². The molecule has 150 valence electrons. The Morgan fingerprint density at radius 1 is 1.17 bits per heavy atom. The number of thiophene rings is 1. The van der Waals surface area contributed by atoms with Crippen molar-refractivity contribution in [3.8, 4) is 0 Å². The van der Waals surface area contributed by atoms with Gasteiger partial charge in [0.2, 0.25) is 5.91 Å². The molecule has 2 aromatic heterocycles. The van der Waals surface area contributed by atoms with Crippen molar-refractivity contribution in [1.82, 2.24) is 15.5 Å². The minimum absolute atomic E-state index is 0.146. The summed E-state index contributed by atoms with van der Waals surface area (Å²) in [4.78, 5) is 29.3. The Labute approximate surface area is 173 Å². The number of aromatic nitrogens is 2. The highest BCUT2D eigenvalue weighted by Crippen LogP contribution is 2.32. The van der Waals surface area contributed by atoms with Gasteiger partial charge in [-0.3, -0.25) is 19.6 Å². The SMILES string of the molecule is Cc1ccc(N(C(=O)c2ccn[nH]2)[C@H](C(=O)NC2CCCC2)c2cccs2)cc1. The van der Waals surface area contributed by atoms with Gasteiger partial charge in [0.1, 0.15) is 5.69 Å². The van der Waals surface area contributed by atoms with E-state index in [0.29, 0.717) is 11.4 Å². The van der Waals surface area contributed by atoms with Gasteiger partial charge in [-0.25, -0.2) is 0 Å². The maximum absolute atomic E-state index is 13.4. The average molecular weight is 409 g/mol. The van der Waals surface area contributed by atoms with Crippen molar-refractivity contribution < 1.29 is 9.59 Å². The summed E-state index contributed by atoms with van der Waals surface area (Å²) in [5.74, 6) is -0.431. The summed E-state index contributed by atoms with van der Waals surface area (Å²) in [5, 5.41) is 11.8. The predicted molar refractivity (Wildman–Crippen MR) is 114 cm³/mol. The van der Waals surface area contributed by atoms with E-state index >= 15 is 0 Å². The minimum Gasteiger partial charge on any atom is -0.351 e. The number of carbonyl (C=O) groups excluding carboxylic acids is 2. The first-order valence-corrected chi connectivity index (χ1v) is 10.7. The Morgan fingerprint density at radius 2 is 1.93 bits per heavy atom. The molecule has 1 aliphatic carbocycles. The molecule has 0 bridgehead atoms. The van der Waals surface area contributed by atoms with Crippen LogP contribution in [0.3, 0.4) is 0 Å². The van der Waals surface area contributed by atoms with Gasteiger partial charge in [0, 0.05) is 22.8 Å². The van der Waals surface area contributed by atoms with Crippen LogP contribution in [0.15, 0.2) is 54.0 Å². The van der Waals surface area contributed by atoms with E-state index in [9.17, 15) is 9.59 Å². The van der Waals surface area contributed by atoms with Crippen LogP contribution in [-0.4, -0.2) is 28.1 Å². The number of carbonyl (C=O) groups is 2. The third-order valence-electron chi connectivity index (χ3n) is 5.28. The third-order valence-corrected chi connectivity index (χ3v) is 6.21. The summed E-state index contributed by atoms with van der Waals surface area (Å²) < 4.78 is 0. The number of nitrogens with zero attached hydrogens (tertiary/aromatic N) is 2. The molecule has 1 saturated carbocycles. The highest BCUT2D eigenvalue weighted by Gasteiger charge is 2.35. The van der Waals surface area contributed by atoms with Crippen LogP contribution in [0, 0.1) is 6.92 Å². The molecule has 3 aromatic rings. The molecule has 2 amide bonds. The van der Waals surface area contributed by atoms with Gasteiger partial charge in [-0.05, 0) is 49.4 Å². The molecule has 2 N–H and O–H groups in total. The highest BCUT2D eigenvalue weighted by molar-refractivity contribution is 7.10. The number of hydrogen-bond acceptors (Lipinski definition) is 4. The number of benzene rings is 1. The highest BCUT2D eigenvalue weighted by atomic mass is 32.1. The molecule has 1 aliphatic rings. The first-order chi connectivity index (χ1) is 14.1. The zero-order chi connectivity index (χ0) is 20.2. The normalized spacial score (nSPS) is 15.2. The van der Waals surface area contributed by atoms with Crippen LogP contribution in [0.2, 0.25) is 0 Å². The first-order valence-electron chi connectivity index (χ1n) is 9.87.